The lowest BCUT2D eigenvalue weighted by atomic mass is 10.0. The van der Waals surface area contributed by atoms with Gasteiger partial charge >= 0.3 is 0 Å². The lowest BCUT2D eigenvalue weighted by Gasteiger charge is -2.36. The molecule has 0 aromatic carbocycles. The first-order valence-corrected chi connectivity index (χ1v) is 8.03. The first-order valence-electron chi connectivity index (χ1n) is 7.05. The third-order valence-corrected chi connectivity index (χ3v) is 4.51. The number of piperidine rings is 1. The minimum atomic E-state index is 0.143. The predicted molar refractivity (Wildman–Crippen MR) is 82.1 cm³/mol. The molecule has 0 spiro atoms. The number of amides is 1. The van der Waals surface area contributed by atoms with E-state index in [0.29, 0.717) is 6.04 Å². The standard InChI is InChI=1S/C14H22N4OS/c1-4-20-14-10-15-9-13(16-14)18-7-5-12(6-8-18)17(3)11(2)19/h9-10,12H,4-8H2,1-3H3. The van der Waals surface area contributed by atoms with Crippen molar-refractivity contribution in [2.75, 3.05) is 30.8 Å². The summed E-state index contributed by atoms with van der Waals surface area (Å²) >= 11 is 1.71. The van der Waals surface area contributed by atoms with E-state index in [-0.39, 0.29) is 5.91 Å². The monoisotopic (exact) mass is 294 g/mol. The molecule has 0 N–H and O–H groups in total. The number of hydrogen-bond donors (Lipinski definition) is 0. The molecule has 0 atom stereocenters. The van der Waals surface area contributed by atoms with Crippen molar-refractivity contribution in [1.82, 2.24) is 14.9 Å². The number of carbonyl (C=O) groups is 1. The Morgan fingerprint density at radius 3 is 2.75 bits per heavy atom. The van der Waals surface area contributed by atoms with E-state index in [9.17, 15) is 4.79 Å². The highest BCUT2D eigenvalue weighted by atomic mass is 32.2. The molecular formula is C14H22N4OS. The van der Waals surface area contributed by atoms with Gasteiger partial charge in [0.05, 0.1) is 12.4 Å². The second-order valence-electron chi connectivity index (χ2n) is 5.00. The van der Waals surface area contributed by atoms with Crippen molar-refractivity contribution in [1.29, 1.82) is 0 Å². The van der Waals surface area contributed by atoms with Gasteiger partial charge in [-0.15, -0.1) is 11.8 Å². The molecule has 1 fully saturated rings. The van der Waals surface area contributed by atoms with E-state index in [1.807, 2.05) is 24.3 Å². The Morgan fingerprint density at radius 1 is 1.45 bits per heavy atom. The fourth-order valence-electron chi connectivity index (χ4n) is 2.45. The van der Waals surface area contributed by atoms with Crippen LogP contribution in [0.4, 0.5) is 5.82 Å². The van der Waals surface area contributed by atoms with Gasteiger partial charge < -0.3 is 9.80 Å². The lowest BCUT2D eigenvalue weighted by molar-refractivity contribution is -0.129. The summed E-state index contributed by atoms with van der Waals surface area (Å²) < 4.78 is 0. The maximum Gasteiger partial charge on any atom is 0.219 e. The van der Waals surface area contributed by atoms with Crippen molar-refractivity contribution in [3.05, 3.63) is 12.4 Å². The molecule has 1 aromatic rings. The molecule has 5 nitrogen and oxygen atoms in total. The quantitative estimate of drug-likeness (QED) is 0.795. The summed E-state index contributed by atoms with van der Waals surface area (Å²) in [5.74, 6) is 2.10. The fraction of sp³-hybridized carbons (Fsp3) is 0.643. The molecule has 0 unspecified atom stereocenters. The first-order chi connectivity index (χ1) is 9.61. The number of thioether (sulfide) groups is 1. The fourth-order valence-corrected chi connectivity index (χ4v) is 3.04. The van der Waals surface area contributed by atoms with Gasteiger partial charge in [-0.2, -0.15) is 0 Å². The summed E-state index contributed by atoms with van der Waals surface area (Å²) in [6, 6.07) is 0.352. The summed E-state index contributed by atoms with van der Waals surface area (Å²) in [4.78, 5) is 24.4. The minimum Gasteiger partial charge on any atom is -0.355 e. The van der Waals surface area contributed by atoms with Gasteiger partial charge in [0, 0.05) is 33.1 Å². The molecule has 2 rings (SSSR count). The number of nitrogens with zero attached hydrogens (tertiary/aromatic N) is 4. The Morgan fingerprint density at radius 2 is 2.15 bits per heavy atom. The zero-order valence-corrected chi connectivity index (χ0v) is 13.2. The summed E-state index contributed by atoms with van der Waals surface area (Å²) in [6.07, 6.45) is 5.62. The van der Waals surface area contributed by atoms with Gasteiger partial charge in [-0.05, 0) is 18.6 Å². The Labute approximate surface area is 124 Å². The number of anilines is 1. The van der Waals surface area contributed by atoms with Crippen LogP contribution in [0.25, 0.3) is 0 Å². The van der Waals surface area contributed by atoms with E-state index >= 15 is 0 Å². The zero-order chi connectivity index (χ0) is 14.5. The SMILES string of the molecule is CCSc1cncc(N2CCC(N(C)C(C)=O)CC2)n1. The van der Waals surface area contributed by atoms with Crippen LogP contribution in [0.3, 0.4) is 0 Å². The van der Waals surface area contributed by atoms with Crippen molar-refractivity contribution < 1.29 is 4.79 Å². The van der Waals surface area contributed by atoms with Gasteiger partial charge in [0.1, 0.15) is 10.8 Å². The topological polar surface area (TPSA) is 49.3 Å². The van der Waals surface area contributed by atoms with Crippen molar-refractivity contribution in [3.63, 3.8) is 0 Å². The Hall–Kier alpha value is -1.30. The smallest absolute Gasteiger partial charge is 0.219 e. The second kappa shape index (κ2) is 6.92. The van der Waals surface area contributed by atoms with Crippen LogP contribution in [0.5, 0.6) is 0 Å². The average molecular weight is 294 g/mol. The highest BCUT2D eigenvalue weighted by molar-refractivity contribution is 7.99. The molecule has 1 amide bonds. The molecule has 20 heavy (non-hydrogen) atoms. The highest BCUT2D eigenvalue weighted by Crippen LogP contribution is 2.22. The van der Waals surface area contributed by atoms with Crippen LogP contribution in [-0.2, 0) is 4.79 Å². The molecule has 1 aliphatic rings. The summed E-state index contributed by atoms with van der Waals surface area (Å²) in [5.41, 5.74) is 0. The van der Waals surface area contributed by atoms with Gasteiger partial charge in [-0.3, -0.25) is 9.78 Å². The molecule has 0 bridgehead atoms. The van der Waals surface area contributed by atoms with Crippen molar-refractivity contribution >= 4 is 23.5 Å². The van der Waals surface area contributed by atoms with Crippen LogP contribution in [0, 0.1) is 0 Å². The van der Waals surface area contributed by atoms with Gasteiger partial charge in [-0.1, -0.05) is 6.92 Å². The van der Waals surface area contributed by atoms with Gasteiger partial charge in [-0.25, -0.2) is 4.98 Å². The minimum absolute atomic E-state index is 0.143. The van der Waals surface area contributed by atoms with Crippen LogP contribution in [0.1, 0.15) is 26.7 Å². The molecule has 1 aromatic heterocycles. The maximum atomic E-state index is 11.4. The zero-order valence-electron chi connectivity index (χ0n) is 12.4. The molecule has 1 saturated heterocycles. The molecule has 0 aliphatic carbocycles. The third-order valence-electron chi connectivity index (χ3n) is 3.72. The van der Waals surface area contributed by atoms with Crippen molar-refractivity contribution in [2.45, 2.75) is 37.8 Å². The molecule has 2 heterocycles. The van der Waals surface area contributed by atoms with Crippen LogP contribution in [0.15, 0.2) is 17.4 Å². The van der Waals surface area contributed by atoms with E-state index in [1.165, 1.54) is 0 Å². The number of aromatic nitrogens is 2. The second-order valence-corrected chi connectivity index (χ2v) is 6.28. The molecule has 6 heteroatoms. The van der Waals surface area contributed by atoms with E-state index in [1.54, 1.807) is 18.7 Å². The maximum absolute atomic E-state index is 11.4. The molecular weight excluding hydrogens is 272 g/mol. The van der Waals surface area contributed by atoms with Gasteiger partial charge in [0.2, 0.25) is 5.91 Å². The third kappa shape index (κ3) is 3.62. The van der Waals surface area contributed by atoms with Gasteiger partial charge in [0.25, 0.3) is 0 Å². The molecule has 110 valence electrons. The van der Waals surface area contributed by atoms with Crippen LogP contribution in [-0.4, -0.2) is 52.7 Å². The molecule has 1 aliphatic heterocycles. The Bertz CT molecular complexity index is 460. The summed E-state index contributed by atoms with van der Waals surface area (Å²) in [7, 11) is 1.89. The largest absolute Gasteiger partial charge is 0.355 e. The summed E-state index contributed by atoms with van der Waals surface area (Å²) in [6.45, 7) is 5.60. The first kappa shape index (κ1) is 15.1. The van der Waals surface area contributed by atoms with Crippen molar-refractivity contribution in [2.24, 2.45) is 0 Å². The predicted octanol–water partition coefficient (Wildman–Crippen LogP) is 2.04. The molecule has 0 saturated carbocycles. The number of carbonyl (C=O) groups excluding carboxylic acids is 1. The van der Waals surface area contributed by atoms with E-state index < -0.39 is 0 Å². The Kier molecular flexibility index (Phi) is 5.23. The normalized spacial score (nSPS) is 16.2. The van der Waals surface area contributed by atoms with Crippen LogP contribution < -0.4 is 4.90 Å². The highest BCUT2D eigenvalue weighted by Gasteiger charge is 2.24. The van der Waals surface area contributed by atoms with Crippen LogP contribution >= 0.6 is 11.8 Å². The van der Waals surface area contributed by atoms with Crippen LogP contribution in [0.2, 0.25) is 0 Å². The number of hydrogen-bond acceptors (Lipinski definition) is 5. The van der Waals surface area contributed by atoms with E-state index in [4.69, 9.17) is 0 Å². The van der Waals surface area contributed by atoms with Crippen molar-refractivity contribution in [3.8, 4) is 0 Å². The van der Waals surface area contributed by atoms with Gasteiger partial charge in [0.15, 0.2) is 0 Å². The van der Waals surface area contributed by atoms with E-state index in [0.717, 1.165) is 42.5 Å². The Balaban J connectivity index is 1.96. The molecule has 0 radical (unpaired) electrons. The van der Waals surface area contributed by atoms with E-state index in [2.05, 4.69) is 21.8 Å². The lowest BCUT2D eigenvalue weighted by Crippen LogP contribution is -2.45. The number of rotatable bonds is 4. The average Bonchev–Trinajstić information content (AvgIpc) is 2.47. The summed E-state index contributed by atoms with van der Waals surface area (Å²) in [5, 5.41) is 0.980.